The molecule has 0 saturated carbocycles. The van der Waals surface area contributed by atoms with Gasteiger partial charge in [-0.1, -0.05) is 12.1 Å². The highest BCUT2D eigenvalue weighted by Gasteiger charge is 2.35. The summed E-state index contributed by atoms with van der Waals surface area (Å²) in [5.41, 5.74) is 0.938. The van der Waals surface area contributed by atoms with E-state index in [2.05, 4.69) is 0 Å². The van der Waals surface area contributed by atoms with Crippen molar-refractivity contribution in [2.45, 2.75) is 19.3 Å². The number of nitrogens with one attached hydrogen (secondary N) is 1. The lowest BCUT2D eigenvalue weighted by atomic mass is 10.1. The Morgan fingerprint density at radius 2 is 1.91 bits per heavy atom. The van der Waals surface area contributed by atoms with E-state index in [0.29, 0.717) is 31.6 Å². The van der Waals surface area contributed by atoms with Crippen molar-refractivity contribution < 1.29 is 33.0 Å². The van der Waals surface area contributed by atoms with Crippen LogP contribution in [-0.4, -0.2) is 62.6 Å². The highest BCUT2D eigenvalue weighted by atomic mass is 32.2. The summed E-state index contributed by atoms with van der Waals surface area (Å²) in [6.45, 7) is -0.0772. The topological polar surface area (TPSA) is 136 Å². The molecule has 2 aromatic rings. The fourth-order valence-corrected chi connectivity index (χ4v) is 4.43. The van der Waals surface area contributed by atoms with Gasteiger partial charge in [0, 0.05) is 14.1 Å². The van der Waals surface area contributed by atoms with E-state index in [1.54, 1.807) is 32.3 Å². The maximum absolute atomic E-state index is 12.3. The zero-order valence-electron chi connectivity index (χ0n) is 17.7. The predicted molar refractivity (Wildman–Crippen MR) is 117 cm³/mol. The zero-order valence-corrected chi connectivity index (χ0v) is 18.6. The Kier molecular flexibility index (Phi) is 6.78. The molecular weight excluding hydrogens is 438 g/mol. The fraction of sp³-hybridized carbons (Fsp3) is 0.333. The first-order valence-electron chi connectivity index (χ1n) is 9.92. The van der Waals surface area contributed by atoms with Gasteiger partial charge in [-0.25, -0.2) is 9.03 Å². The summed E-state index contributed by atoms with van der Waals surface area (Å²) in [4.78, 5) is 25.1. The van der Waals surface area contributed by atoms with Gasteiger partial charge in [-0.15, -0.1) is 0 Å². The summed E-state index contributed by atoms with van der Waals surface area (Å²) >= 11 is 0. The molecule has 1 aliphatic heterocycles. The van der Waals surface area contributed by atoms with E-state index in [0.717, 1.165) is 9.87 Å². The molecule has 1 saturated heterocycles. The number of hydrogen-bond acceptors (Lipinski definition) is 7. The molecule has 11 heteroatoms. The number of benzene rings is 2. The average Bonchev–Trinajstić information content (AvgIpc) is 3.00. The molecule has 0 spiro atoms. The van der Waals surface area contributed by atoms with Crippen molar-refractivity contribution >= 4 is 27.7 Å². The van der Waals surface area contributed by atoms with Crippen molar-refractivity contribution in [3.63, 3.8) is 0 Å². The lowest BCUT2D eigenvalue weighted by Gasteiger charge is -2.17. The molecule has 1 heterocycles. The Labute approximate surface area is 186 Å². The number of aromatic hydroxyl groups is 2. The number of rotatable bonds is 8. The maximum Gasteiger partial charge on any atom is 0.326 e. The minimum atomic E-state index is -4.01. The molecule has 172 valence electrons. The second kappa shape index (κ2) is 9.35. The van der Waals surface area contributed by atoms with Crippen molar-refractivity contribution in [1.82, 2.24) is 9.62 Å². The van der Waals surface area contributed by atoms with E-state index in [1.807, 2.05) is 4.72 Å². The van der Waals surface area contributed by atoms with Crippen LogP contribution in [0, 0.1) is 0 Å². The van der Waals surface area contributed by atoms with Crippen molar-refractivity contribution in [3.05, 3.63) is 47.5 Å². The first kappa shape index (κ1) is 23.2. The van der Waals surface area contributed by atoms with E-state index in [1.165, 1.54) is 23.1 Å². The molecule has 10 nitrogen and oxygen atoms in total. The third-order valence-electron chi connectivity index (χ3n) is 4.87. The van der Waals surface area contributed by atoms with E-state index >= 15 is 0 Å². The molecule has 2 aromatic carbocycles. The fourth-order valence-electron chi connectivity index (χ4n) is 3.28. The molecule has 1 aliphatic rings. The van der Waals surface area contributed by atoms with Gasteiger partial charge in [-0.2, -0.15) is 8.42 Å². The second-order valence-electron chi connectivity index (χ2n) is 7.52. The number of anilines is 1. The standard InChI is InChI=1S/C21H25N3O7S/c1-23(2)21(28)20-17(26)7-5-8-18(20)31-11-4-3-6-14-9-10-16(25)15(12-14)24-13-19(27)22-32(24,29)30/h5,7-10,12,25-26H,3-4,6,11,13H2,1-2H3,(H,22,27). The molecule has 3 rings (SSSR count). The third kappa shape index (κ3) is 5.05. The monoisotopic (exact) mass is 463 g/mol. The normalized spacial score (nSPS) is 14.8. The lowest BCUT2D eigenvalue weighted by Crippen LogP contribution is -2.29. The van der Waals surface area contributed by atoms with Crippen LogP contribution in [0.15, 0.2) is 36.4 Å². The quantitative estimate of drug-likeness (QED) is 0.503. The first-order chi connectivity index (χ1) is 15.1. The smallest absolute Gasteiger partial charge is 0.326 e. The molecule has 0 radical (unpaired) electrons. The van der Waals surface area contributed by atoms with Crippen LogP contribution in [0.5, 0.6) is 17.2 Å². The summed E-state index contributed by atoms with van der Waals surface area (Å²) in [6, 6.07) is 9.26. The molecule has 32 heavy (non-hydrogen) atoms. The molecule has 0 unspecified atom stereocenters. The minimum Gasteiger partial charge on any atom is -0.507 e. The Balaban J connectivity index is 1.59. The van der Waals surface area contributed by atoms with Gasteiger partial charge in [-0.05, 0) is 49.1 Å². The van der Waals surface area contributed by atoms with Crippen molar-refractivity contribution in [2.75, 3.05) is 31.6 Å². The summed E-state index contributed by atoms with van der Waals surface area (Å²) in [7, 11) is -0.833. The van der Waals surface area contributed by atoms with Gasteiger partial charge >= 0.3 is 10.2 Å². The number of phenols is 2. The third-order valence-corrected chi connectivity index (χ3v) is 6.26. The van der Waals surface area contributed by atoms with Crippen molar-refractivity contribution in [2.24, 2.45) is 0 Å². The van der Waals surface area contributed by atoms with Gasteiger partial charge in [0.05, 0.1) is 12.3 Å². The van der Waals surface area contributed by atoms with Crippen LogP contribution in [0.2, 0.25) is 0 Å². The molecule has 3 N–H and O–H groups in total. The number of unbranched alkanes of at least 4 members (excludes halogenated alkanes) is 1. The second-order valence-corrected chi connectivity index (χ2v) is 9.11. The number of phenolic OH excluding ortho intramolecular Hbond substituents is 2. The molecule has 1 fully saturated rings. The molecule has 0 aliphatic carbocycles. The first-order valence-corrected chi connectivity index (χ1v) is 11.4. The lowest BCUT2D eigenvalue weighted by molar-refractivity contribution is -0.117. The number of carbonyl (C=O) groups is 2. The van der Waals surface area contributed by atoms with Crippen LogP contribution < -0.4 is 13.8 Å². The number of aryl methyl sites for hydroxylation is 1. The zero-order chi connectivity index (χ0) is 23.5. The van der Waals surface area contributed by atoms with Gasteiger partial charge in [0.2, 0.25) is 0 Å². The number of amides is 2. The predicted octanol–water partition coefficient (Wildman–Crippen LogP) is 1.38. The van der Waals surface area contributed by atoms with E-state index in [4.69, 9.17) is 4.74 Å². The van der Waals surface area contributed by atoms with E-state index in [-0.39, 0.29) is 35.2 Å². The highest BCUT2D eigenvalue weighted by Crippen LogP contribution is 2.32. The van der Waals surface area contributed by atoms with Crippen LogP contribution >= 0.6 is 0 Å². The summed E-state index contributed by atoms with van der Waals surface area (Å²) in [5.74, 6) is -1.11. The Morgan fingerprint density at radius 1 is 1.16 bits per heavy atom. The SMILES string of the molecule is CN(C)C(=O)c1c(O)cccc1OCCCCc1ccc(O)c(N2CC(=O)NS2(=O)=O)c1. The summed E-state index contributed by atoms with van der Waals surface area (Å²) < 4.78 is 32.5. The Hall–Kier alpha value is -3.47. The van der Waals surface area contributed by atoms with Gasteiger partial charge in [0.15, 0.2) is 0 Å². The molecule has 2 amide bonds. The number of hydrogen-bond donors (Lipinski definition) is 3. The highest BCUT2D eigenvalue weighted by molar-refractivity contribution is 7.92. The van der Waals surface area contributed by atoms with Crippen LogP contribution in [0.4, 0.5) is 5.69 Å². The van der Waals surface area contributed by atoms with E-state index in [9.17, 15) is 28.2 Å². The number of nitrogens with zero attached hydrogens (tertiary/aromatic N) is 2. The largest absolute Gasteiger partial charge is 0.507 e. The average molecular weight is 464 g/mol. The molecular formula is C21H25N3O7S. The van der Waals surface area contributed by atoms with Crippen LogP contribution in [0.25, 0.3) is 0 Å². The number of ether oxygens (including phenoxy) is 1. The van der Waals surface area contributed by atoms with Gasteiger partial charge in [0.1, 0.15) is 29.4 Å². The Bertz CT molecular complexity index is 1130. The maximum atomic E-state index is 12.3. The molecule has 0 aromatic heterocycles. The summed E-state index contributed by atoms with van der Waals surface area (Å²) in [6.07, 6.45) is 1.89. The van der Waals surface area contributed by atoms with Crippen LogP contribution in [0.3, 0.4) is 0 Å². The molecule has 0 atom stereocenters. The van der Waals surface area contributed by atoms with Gasteiger partial charge < -0.3 is 19.8 Å². The summed E-state index contributed by atoms with van der Waals surface area (Å²) in [5, 5.41) is 20.1. The number of carbonyl (C=O) groups excluding carboxylic acids is 2. The molecule has 0 bridgehead atoms. The minimum absolute atomic E-state index is 0.0451. The van der Waals surface area contributed by atoms with Crippen LogP contribution in [0.1, 0.15) is 28.8 Å². The van der Waals surface area contributed by atoms with Crippen molar-refractivity contribution in [3.8, 4) is 17.2 Å². The van der Waals surface area contributed by atoms with E-state index < -0.39 is 16.1 Å². The van der Waals surface area contributed by atoms with Crippen molar-refractivity contribution in [1.29, 1.82) is 0 Å². The van der Waals surface area contributed by atoms with Gasteiger partial charge in [0.25, 0.3) is 11.8 Å². The van der Waals surface area contributed by atoms with Gasteiger partial charge in [-0.3, -0.25) is 9.59 Å². The van der Waals surface area contributed by atoms with Crippen LogP contribution in [-0.2, 0) is 21.4 Å². The Morgan fingerprint density at radius 3 is 2.56 bits per heavy atom.